The maximum atomic E-state index is 13.1. The van der Waals surface area contributed by atoms with E-state index >= 15 is 0 Å². The van der Waals surface area contributed by atoms with Gasteiger partial charge in [-0.25, -0.2) is 0 Å². The van der Waals surface area contributed by atoms with Crippen molar-refractivity contribution in [2.75, 3.05) is 5.32 Å². The molecular weight excluding hydrogens is 354 g/mol. The molecule has 1 unspecified atom stereocenters. The first-order chi connectivity index (χ1) is 13.0. The summed E-state index contributed by atoms with van der Waals surface area (Å²) in [6.45, 7) is 4.18. The zero-order chi connectivity index (χ0) is 19.0. The number of hydrogen-bond acceptors (Lipinski definition) is 1. The van der Waals surface area contributed by atoms with Gasteiger partial charge in [-0.15, -0.1) is 0 Å². The second-order valence-electron chi connectivity index (χ2n) is 7.44. The van der Waals surface area contributed by atoms with E-state index in [1.165, 1.54) is 22.3 Å². The lowest BCUT2D eigenvalue weighted by molar-refractivity contribution is -0.117. The van der Waals surface area contributed by atoms with Gasteiger partial charge >= 0.3 is 0 Å². The number of para-hydroxylation sites is 1. The zero-order valence-electron chi connectivity index (χ0n) is 15.5. The van der Waals surface area contributed by atoms with Gasteiger partial charge in [-0.2, -0.15) is 0 Å². The summed E-state index contributed by atoms with van der Waals surface area (Å²) in [5.74, 6) is -0.0940. The Hall–Kier alpha value is -2.58. The van der Waals surface area contributed by atoms with E-state index in [0.29, 0.717) is 10.7 Å². The van der Waals surface area contributed by atoms with Gasteiger partial charge in [-0.1, -0.05) is 83.4 Å². The lowest BCUT2D eigenvalue weighted by atomic mass is 9.84. The predicted molar refractivity (Wildman–Crippen MR) is 111 cm³/mol. The van der Waals surface area contributed by atoms with Gasteiger partial charge in [0.05, 0.1) is 16.6 Å². The van der Waals surface area contributed by atoms with Crippen LogP contribution in [0.3, 0.4) is 0 Å². The van der Waals surface area contributed by atoms with E-state index in [2.05, 4.69) is 67.7 Å². The van der Waals surface area contributed by atoms with E-state index < -0.39 is 0 Å². The number of anilines is 1. The fourth-order valence-electron chi connectivity index (χ4n) is 4.01. The van der Waals surface area contributed by atoms with E-state index in [4.69, 9.17) is 11.6 Å². The van der Waals surface area contributed by atoms with Crippen LogP contribution in [0.2, 0.25) is 5.02 Å². The van der Waals surface area contributed by atoms with Gasteiger partial charge < -0.3 is 5.32 Å². The van der Waals surface area contributed by atoms with E-state index in [1.54, 1.807) is 6.07 Å². The van der Waals surface area contributed by atoms with Crippen molar-refractivity contribution in [2.45, 2.75) is 25.7 Å². The van der Waals surface area contributed by atoms with Crippen LogP contribution in [0, 0.1) is 19.8 Å². The van der Waals surface area contributed by atoms with E-state index in [-0.39, 0.29) is 17.2 Å². The second kappa shape index (κ2) is 6.86. The van der Waals surface area contributed by atoms with Crippen LogP contribution in [-0.2, 0) is 10.2 Å². The first kappa shape index (κ1) is 17.8. The minimum Gasteiger partial charge on any atom is -0.324 e. The van der Waals surface area contributed by atoms with Crippen molar-refractivity contribution in [3.8, 4) is 0 Å². The van der Waals surface area contributed by atoms with Crippen molar-refractivity contribution in [2.24, 2.45) is 5.92 Å². The molecule has 0 radical (unpaired) electrons. The number of carbonyl (C=O) groups is 1. The van der Waals surface area contributed by atoms with Gasteiger partial charge in [0.15, 0.2) is 0 Å². The summed E-state index contributed by atoms with van der Waals surface area (Å²) < 4.78 is 0. The molecule has 3 aromatic carbocycles. The van der Waals surface area contributed by atoms with Crippen molar-refractivity contribution in [3.05, 3.63) is 100 Å². The molecule has 3 aromatic rings. The molecule has 136 valence electrons. The molecule has 0 aromatic heterocycles. The molecule has 1 N–H and O–H groups in total. The van der Waals surface area contributed by atoms with Crippen LogP contribution >= 0.6 is 11.6 Å². The monoisotopic (exact) mass is 375 g/mol. The Labute approximate surface area is 165 Å². The number of amides is 1. The number of benzene rings is 3. The minimum absolute atomic E-state index is 0.0195. The smallest absolute Gasteiger partial charge is 0.228 e. The van der Waals surface area contributed by atoms with Gasteiger partial charge in [0.2, 0.25) is 5.91 Å². The third-order valence-corrected chi connectivity index (χ3v) is 5.81. The number of carbonyl (C=O) groups excluding carboxylic acids is 1. The fourth-order valence-corrected chi connectivity index (χ4v) is 4.19. The van der Waals surface area contributed by atoms with Crippen LogP contribution in [0.4, 0.5) is 5.69 Å². The quantitative estimate of drug-likeness (QED) is 0.604. The molecule has 1 amide bonds. The number of hydrogen-bond donors (Lipinski definition) is 1. The molecule has 2 nitrogen and oxygen atoms in total. The third kappa shape index (κ3) is 3.26. The summed E-state index contributed by atoms with van der Waals surface area (Å²) >= 11 is 6.23. The topological polar surface area (TPSA) is 29.1 Å². The summed E-state index contributed by atoms with van der Waals surface area (Å²) in [6.07, 6.45) is 0.802. The largest absolute Gasteiger partial charge is 0.324 e. The van der Waals surface area contributed by atoms with E-state index in [0.717, 1.165) is 6.42 Å². The number of nitrogens with one attached hydrogen (secondary N) is 1. The maximum Gasteiger partial charge on any atom is 0.228 e. The van der Waals surface area contributed by atoms with Crippen LogP contribution < -0.4 is 5.32 Å². The van der Waals surface area contributed by atoms with Crippen LogP contribution in [0.15, 0.2) is 72.8 Å². The molecule has 3 heteroatoms. The van der Waals surface area contributed by atoms with Crippen LogP contribution in [0.1, 0.15) is 28.7 Å². The van der Waals surface area contributed by atoms with Crippen molar-refractivity contribution in [1.82, 2.24) is 0 Å². The molecule has 0 spiro atoms. The lowest BCUT2D eigenvalue weighted by Crippen LogP contribution is -2.22. The predicted octanol–water partition coefficient (Wildman–Crippen LogP) is 5.90. The number of rotatable bonds is 4. The van der Waals surface area contributed by atoms with Crippen molar-refractivity contribution in [1.29, 1.82) is 0 Å². The molecule has 4 rings (SSSR count). The van der Waals surface area contributed by atoms with Crippen molar-refractivity contribution >= 4 is 23.2 Å². The normalized spacial score (nSPS) is 17.4. The van der Waals surface area contributed by atoms with Gasteiger partial charge in [-0.05, 0) is 43.5 Å². The lowest BCUT2D eigenvalue weighted by Gasteiger charge is -2.20. The van der Waals surface area contributed by atoms with E-state index in [9.17, 15) is 4.79 Å². The van der Waals surface area contributed by atoms with Gasteiger partial charge in [0.25, 0.3) is 0 Å². The highest BCUT2D eigenvalue weighted by atomic mass is 35.5. The van der Waals surface area contributed by atoms with Crippen molar-refractivity contribution < 1.29 is 4.79 Å². The Bertz CT molecular complexity index is 965. The Kier molecular flexibility index (Phi) is 4.53. The highest BCUT2D eigenvalue weighted by Crippen LogP contribution is 2.59. The van der Waals surface area contributed by atoms with E-state index in [1.807, 2.05) is 18.2 Å². The molecule has 0 bridgehead atoms. The highest BCUT2D eigenvalue weighted by Gasteiger charge is 2.60. The number of aryl methyl sites for hydroxylation is 2. The summed E-state index contributed by atoms with van der Waals surface area (Å²) in [7, 11) is 0. The molecule has 0 heterocycles. The van der Waals surface area contributed by atoms with Crippen LogP contribution in [0.5, 0.6) is 0 Å². The van der Waals surface area contributed by atoms with Crippen molar-refractivity contribution in [3.63, 3.8) is 0 Å². The van der Waals surface area contributed by atoms with Crippen LogP contribution in [0.25, 0.3) is 0 Å². The molecule has 1 fully saturated rings. The SMILES string of the molecule is Cc1cccc(C2(c3cccc(C)c3)CC2C(=O)Nc2ccccc2Cl)c1. The van der Waals surface area contributed by atoms with Gasteiger partial charge in [-0.3, -0.25) is 4.79 Å². The molecule has 1 aliphatic rings. The molecule has 27 heavy (non-hydrogen) atoms. The first-order valence-electron chi connectivity index (χ1n) is 9.20. The zero-order valence-corrected chi connectivity index (χ0v) is 16.3. The highest BCUT2D eigenvalue weighted by molar-refractivity contribution is 6.33. The third-order valence-electron chi connectivity index (χ3n) is 5.48. The Morgan fingerprint density at radius 2 is 1.52 bits per heavy atom. The maximum absolute atomic E-state index is 13.1. The van der Waals surface area contributed by atoms with Crippen LogP contribution in [-0.4, -0.2) is 5.91 Å². The molecule has 1 saturated carbocycles. The second-order valence-corrected chi connectivity index (χ2v) is 7.84. The molecule has 1 aliphatic carbocycles. The molecule has 1 atom stereocenters. The summed E-state index contributed by atoms with van der Waals surface area (Å²) in [4.78, 5) is 13.1. The molecular formula is C24H22ClNO. The standard InChI is InChI=1S/C24H22ClNO/c1-16-7-5-9-18(13-16)24(19-10-6-8-17(2)14-19)15-20(24)23(27)26-22-12-4-3-11-21(22)25/h3-14,20H,15H2,1-2H3,(H,26,27). The summed E-state index contributed by atoms with van der Waals surface area (Å²) in [5, 5.41) is 3.58. The summed E-state index contributed by atoms with van der Waals surface area (Å²) in [5.41, 5.74) is 5.20. The summed E-state index contributed by atoms with van der Waals surface area (Å²) in [6, 6.07) is 24.4. The Morgan fingerprint density at radius 3 is 2.07 bits per heavy atom. The average molecular weight is 376 g/mol. The average Bonchev–Trinajstić information content (AvgIpc) is 3.41. The van der Waals surface area contributed by atoms with Gasteiger partial charge in [0.1, 0.15) is 0 Å². The fraction of sp³-hybridized carbons (Fsp3) is 0.208. The number of halogens is 1. The molecule has 0 saturated heterocycles. The molecule has 0 aliphatic heterocycles. The Morgan fingerprint density at radius 1 is 0.926 bits per heavy atom. The minimum atomic E-state index is -0.274. The first-order valence-corrected chi connectivity index (χ1v) is 9.58. The Balaban J connectivity index is 1.71. The van der Waals surface area contributed by atoms with Gasteiger partial charge in [0, 0.05) is 5.41 Å².